The van der Waals surface area contributed by atoms with Crippen LogP contribution in [-0.2, 0) is 0 Å². The summed E-state index contributed by atoms with van der Waals surface area (Å²) in [5.74, 6) is 0. The SMILES string of the molecule is [C-]#[N+]C(C)c1cc(Cl)ccc1[N+](=O)[O-]. The smallest absolute Gasteiger partial charge is 0.280 e. The molecule has 0 amide bonds. The highest BCUT2D eigenvalue weighted by atomic mass is 35.5. The average molecular weight is 211 g/mol. The summed E-state index contributed by atoms with van der Waals surface area (Å²) in [4.78, 5) is 13.3. The van der Waals surface area contributed by atoms with E-state index in [1.165, 1.54) is 18.2 Å². The Morgan fingerprint density at radius 2 is 2.29 bits per heavy atom. The van der Waals surface area contributed by atoms with Crippen LogP contribution in [0.5, 0.6) is 0 Å². The zero-order valence-corrected chi connectivity index (χ0v) is 8.15. The molecule has 1 aromatic rings. The molecule has 0 aliphatic heterocycles. The number of rotatable bonds is 2. The maximum atomic E-state index is 10.6. The molecule has 0 spiro atoms. The Labute approximate surface area is 86.1 Å². The van der Waals surface area contributed by atoms with E-state index in [9.17, 15) is 10.1 Å². The lowest BCUT2D eigenvalue weighted by atomic mass is 10.1. The van der Waals surface area contributed by atoms with E-state index in [4.69, 9.17) is 18.2 Å². The summed E-state index contributed by atoms with van der Waals surface area (Å²) in [6.45, 7) is 8.42. The molecule has 0 aliphatic rings. The average Bonchev–Trinajstić information content (AvgIpc) is 2.16. The minimum atomic E-state index is -0.547. The van der Waals surface area contributed by atoms with Gasteiger partial charge in [-0.2, -0.15) is 0 Å². The van der Waals surface area contributed by atoms with Crippen LogP contribution in [0.15, 0.2) is 18.2 Å². The highest BCUT2D eigenvalue weighted by molar-refractivity contribution is 6.30. The number of hydrogen-bond acceptors (Lipinski definition) is 2. The normalized spacial score (nSPS) is 11.8. The Morgan fingerprint density at radius 3 is 2.79 bits per heavy atom. The predicted molar refractivity (Wildman–Crippen MR) is 53.1 cm³/mol. The fraction of sp³-hybridized carbons (Fsp3) is 0.222. The van der Waals surface area contributed by atoms with Crippen LogP contribution < -0.4 is 0 Å². The van der Waals surface area contributed by atoms with Crippen molar-refractivity contribution in [3.63, 3.8) is 0 Å². The number of halogens is 1. The van der Waals surface area contributed by atoms with Crippen LogP contribution in [-0.4, -0.2) is 4.92 Å². The molecule has 5 heteroatoms. The molecule has 1 unspecified atom stereocenters. The third kappa shape index (κ3) is 2.01. The molecule has 72 valence electrons. The van der Waals surface area contributed by atoms with Gasteiger partial charge >= 0.3 is 0 Å². The van der Waals surface area contributed by atoms with Gasteiger partial charge in [-0.05, 0) is 12.1 Å². The van der Waals surface area contributed by atoms with Gasteiger partial charge in [0, 0.05) is 18.0 Å². The summed E-state index contributed by atoms with van der Waals surface area (Å²) in [6, 6.07) is 3.68. The maximum absolute atomic E-state index is 10.6. The fourth-order valence-electron chi connectivity index (χ4n) is 1.10. The first kappa shape index (κ1) is 10.5. The van der Waals surface area contributed by atoms with Crippen LogP contribution in [0.25, 0.3) is 4.85 Å². The Hall–Kier alpha value is -1.60. The topological polar surface area (TPSA) is 47.5 Å². The van der Waals surface area contributed by atoms with Crippen molar-refractivity contribution in [1.82, 2.24) is 0 Å². The number of nitrogens with zero attached hydrogens (tertiary/aromatic N) is 2. The molecule has 14 heavy (non-hydrogen) atoms. The molecule has 0 fully saturated rings. The van der Waals surface area contributed by atoms with Gasteiger partial charge in [0.25, 0.3) is 11.7 Å². The quantitative estimate of drug-likeness (QED) is 0.427. The van der Waals surface area contributed by atoms with E-state index in [0.717, 1.165) is 0 Å². The molecule has 1 atom stereocenters. The summed E-state index contributed by atoms with van der Waals surface area (Å²) in [7, 11) is 0. The third-order valence-electron chi connectivity index (χ3n) is 1.83. The van der Waals surface area contributed by atoms with Crippen molar-refractivity contribution in [2.45, 2.75) is 13.0 Å². The van der Waals surface area contributed by atoms with Crippen LogP contribution in [0, 0.1) is 16.7 Å². The number of hydrogen-bond donors (Lipinski definition) is 0. The van der Waals surface area contributed by atoms with E-state index in [-0.39, 0.29) is 5.69 Å². The number of nitro groups is 1. The second-order valence-corrected chi connectivity index (χ2v) is 3.20. The second kappa shape index (κ2) is 4.07. The standard InChI is InChI=1S/C9H7ClN2O2/c1-6(11-2)8-5-7(10)3-4-9(8)12(13)14/h3-6H,1H3. The van der Waals surface area contributed by atoms with Crippen LogP contribution in [0.1, 0.15) is 18.5 Å². The van der Waals surface area contributed by atoms with Crippen LogP contribution in [0.2, 0.25) is 5.02 Å². The van der Waals surface area contributed by atoms with E-state index >= 15 is 0 Å². The monoisotopic (exact) mass is 210 g/mol. The molecule has 0 radical (unpaired) electrons. The van der Waals surface area contributed by atoms with Crippen LogP contribution >= 0.6 is 11.6 Å². The molecule has 0 bridgehead atoms. The first-order chi connectivity index (χ1) is 6.56. The fourth-order valence-corrected chi connectivity index (χ4v) is 1.28. The molecular weight excluding hydrogens is 204 g/mol. The van der Waals surface area contributed by atoms with Crippen molar-refractivity contribution >= 4 is 17.3 Å². The Balaban J connectivity index is 3.31. The van der Waals surface area contributed by atoms with Crippen LogP contribution in [0.4, 0.5) is 5.69 Å². The van der Waals surface area contributed by atoms with Crippen molar-refractivity contribution in [1.29, 1.82) is 0 Å². The van der Waals surface area contributed by atoms with Gasteiger partial charge in [0.15, 0.2) is 0 Å². The van der Waals surface area contributed by atoms with Crippen molar-refractivity contribution in [2.75, 3.05) is 0 Å². The number of nitro benzene ring substituents is 1. The van der Waals surface area contributed by atoms with Gasteiger partial charge in [-0.15, -0.1) is 0 Å². The first-order valence-corrected chi connectivity index (χ1v) is 4.24. The zero-order valence-electron chi connectivity index (χ0n) is 7.40. The maximum Gasteiger partial charge on any atom is 0.280 e. The molecular formula is C9H7ClN2O2. The predicted octanol–water partition coefficient (Wildman–Crippen LogP) is 3.23. The molecule has 4 nitrogen and oxygen atoms in total. The molecule has 0 N–H and O–H groups in total. The van der Waals surface area contributed by atoms with Gasteiger partial charge < -0.3 is 4.85 Å². The van der Waals surface area contributed by atoms with Gasteiger partial charge in [-0.3, -0.25) is 10.1 Å². The zero-order chi connectivity index (χ0) is 10.7. The Bertz CT molecular complexity index is 412. The summed E-state index contributed by atoms with van der Waals surface area (Å²) in [5, 5.41) is 11.0. The van der Waals surface area contributed by atoms with Gasteiger partial charge in [0.05, 0.1) is 4.92 Å². The Kier molecular flexibility index (Phi) is 3.05. The van der Waals surface area contributed by atoms with E-state index in [2.05, 4.69) is 4.85 Å². The van der Waals surface area contributed by atoms with Gasteiger partial charge in [-0.1, -0.05) is 11.6 Å². The van der Waals surface area contributed by atoms with Gasteiger partial charge in [0.2, 0.25) is 0 Å². The van der Waals surface area contributed by atoms with Crippen molar-refractivity contribution in [3.05, 3.63) is 50.3 Å². The number of benzene rings is 1. The minimum absolute atomic E-state index is 0.0575. The largest absolute Gasteiger partial charge is 0.309 e. The lowest BCUT2D eigenvalue weighted by Crippen LogP contribution is -1.96. The van der Waals surface area contributed by atoms with Crippen molar-refractivity contribution in [3.8, 4) is 0 Å². The van der Waals surface area contributed by atoms with Gasteiger partial charge in [-0.25, -0.2) is 6.57 Å². The van der Waals surface area contributed by atoms with E-state index in [1.54, 1.807) is 6.92 Å². The first-order valence-electron chi connectivity index (χ1n) is 3.86. The van der Waals surface area contributed by atoms with Crippen molar-refractivity contribution in [2.24, 2.45) is 0 Å². The second-order valence-electron chi connectivity index (χ2n) is 2.77. The lowest BCUT2D eigenvalue weighted by Gasteiger charge is -2.01. The molecule has 0 aliphatic carbocycles. The molecule has 1 rings (SSSR count). The highest BCUT2D eigenvalue weighted by Gasteiger charge is 2.22. The molecule has 0 aromatic heterocycles. The van der Waals surface area contributed by atoms with Crippen LogP contribution in [0.3, 0.4) is 0 Å². The summed E-state index contributed by atoms with van der Waals surface area (Å²) in [6.07, 6.45) is 0. The van der Waals surface area contributed by atoms with E-state index in [0.29, 0.717) is 10.6 Å². The van der Waals surface area contributed by atoms with Gasteiger partial charge in [0.1, 0.15) is 5.56 Å². The minimum Gasteiger partial charge on any atom is -0.309 e. The summed E-state index contributed by atoms with van der Waals surface area (Å²) >= 11 is 5.70. The lowest BCUT2D eigenvalue weighted by molar-refractivity contribution is -0.385. The van der Waals surface area contributed by atoms with Crippen molar-refractivity contribution < 1.29 is 4.92 Å². The van der Waals surface area contributed by atoms with E-state index in [1.807, 2.05) is 0 Å². The molecule has 0 saturated heterocycles. The Morgan fingerprint density at radius 1 is 1.64 bits per heavy atom. The summed E-state index contributed by atoms with van der Waals surface area (Å²) < 4.78 is 0. The highest BCUT2D eigenvalue weighted by Crippen LogP contribution is 2.29. The molecule has 1 aromatic carbocycles. The van der Waals surface area contributed by atoms with E-state index < -0.39 is 11.0 Å². The third-order valence-corrected chi connectivity index (χ3v) is 2.07. The summed E-state index contributed by atoms with van der Waals surface area (Å²) in [5.41, 5.74) is 0.301. The molecule has 0 heterocycles. The molecule has 0 saturated carbocycles.